The van der Waals surface area contributed by atoms with Crippen LogP contribution in [-0.4, -0.2) is 172 Å². The van der Waals surface area contributed by atoms with Gasteiger partial charge in [0.05, 0.1) is 73.7 Å². The van der Waals surface area contributed by atoms with E-state index in [-0.39, 0.29) is 90.0 Å². The van der Waals surface area contributed by atoms with Crippen LogP contribution in [0.1, 0.15) is 82.9 Å². The number of carbonyl (C=O) groups is 2. The number of hydrogen-bond donors (Lipinski definition) is 6. The number of benzene rings is 4. The van der Waals surface area contributed by atoms with Crippen LogP contribution in [0.3, 0.4) is 0 Å². The molecule has 20 nitrogen and oxygen atoms in total. The van der Waals surface area contributed by atoms with Gasteiger partial charge >= 0.3 is 18.2 Å². The van der Waals surface area contributed by atoms with Gasteiger partial charge in [0.2, 0.25) is 20.0 Å². The molecule has 0 saturated carbocycles. The molecule has 0 unspecified atom stereocenters. The van der Waals surface area contributed by atoms with Crippen LogP contribution < -0.4 is 40.2 Å². The van der Waals surface area contributed by atoms with Crippen molar-refractivity contribution in [1.82, 2.24) is 40.5 Å². The Bertz CT molecular complexity index is 3060. The molecule has 4 atom stereocenters. The number of urea groups is 2. The molecule has 0 spiro atoms. The summed E-state index contributed by atoms with van der Waals surface area (Å²) < 4.78 is 132. The molecule has 0 radical (unpaired) electrons. The van der Waals surface area contributed by atoms with E-state index in [1.165, 1.54) is 29.8 Å². The van der Waals surface area contributed by atoms with Crippen LogP contribution in [0.2, 0.25) is 10.0 Å². The van der Waals surface area contributed by atoms with Gasteiger partial charge in [0.1, 0.15) is 23.7 Å². The lowest BCUT2D eigenvalue weighted by atomic mass is 10.0. The highest BCUT2D eigenvalue weighted by Gasteiger charge is 2.44. The number of nitrogens with one attached hydrogen (secondary N) is 6. The fourth-order valence-electron chi connectivity index (χ4n) is 9.57. The molecule has 474 valence electrons. The van der Waals surface area contributed by atoms with Gasteiger partial charge in [-0.25, -0.2) is 35.9 Å². The fraction of sp³-hybridized carbons (Fsp3) is 0.552. The first-order valence-corrected chi connectivity index (χ1v) is 31.8. The zero-order valence-corrected chi connectivity index (χ0v) is 53.0. The number of hydrogen-bond acceptors (Lipinski definition) is 14. The first kappa shape index (κ1) is 70.7. The zero-order chi connectivity index (χ0) is 62.5. The van der Waals surface area contributed by atoms with E-state index in [9.17, 15) is 39.6 Å². The van der Waals surface area contributed by atoms with Gasteiger partial charge in [-0.15, -0.1) is 0 Å². The van der Waals surface area contributed by atoms with Crippen LogP contribution in [0.4, 0.5) is 22.8 Å². The molecule has 27 heteroatoms. The van der Waals surface area contributed by atoms with Crippen molar-refractivity contribution >= 4 is 55.3 Å². The molecule has 6 N–H and O–H groups in total. The van der Waals surface area contributed by atoms with Gasteiger partial charge in [-0.1, -0.05) is 30.1 Å². The molecule has 85 heavy (non-hydrogen) atoms. The molecule has 6 rings (SSSR count). The second kappa shape index (κ2) is 33.9. The maximum atomic E-state index is 13.7. The summed E-state index contributed by atoms with van der Waals surface area (Å²) in [5, 5.41) is 11.2. The van der Waals surface area contributed by atoms with Gasteiger partial charge < -0.3 is 59.5 Å². The lowest BCUT2D eigenvalue weighted by Gasteiger charge is -2.28. The summed E-state index contributed by atoms with van der Waals surface area (Å²) in [6.07, 6.45) is -2.11. The summed E-state index contributed by atoms with van der Waals surface area (Å²) in [6.45, 7) is 11.9. The molecule has 2 aliphatic rings. The minimum Gasteiger partial charge on any atom is -0.484 e. The van der Waals surface area contributed by atoms with E-state index in [1.54, 1.807) is 46.3 Å². The van der Waals surface area contributed by atoms with Crippen LogP contribution in [0.15, 0.2) is 70.5 Å². The highest BCUT2D eigenvalue weighted by molar-refractivity contribution is 7.89. The van der Waals surface area contributed by atoms with E-state index in [1.807, 2.05) is 45.0 Å². The van der Waals surface area contributed by atoms with Crippen molar-refractivity contribution in [3.63, 3.8) is 0 Å². The monoisotopic (exact) mass is 1270 g/mol. The summed E-state index contributed by atoms with van der Waals surface area (Å²) in [7, 11) is 1.61. The number of likely N-dealkylation sites (N-methyl/N-ethyl adjacent to an activating group) is 2. The van der Waals surface area contributed by atoms with E-state index in [0.717, 1.165) is 42.9 Å². The van der Waals surface area contributed by atoms with Crippen molar-refractivity contribution in [1.29, 1.82) is 0 Å². The molecular formula is C58H83Cl2F3N8O12S2. The average Bonchev–Trinajstić information content (AvgIpc) is 2.05. The molecule has 4 amide bonds. The number of fused-ring (bicyclic) bond motifs is 2. The molecule has 4 aromatic carbocycles. The molecule has 2 aliphatic carbocycles. The number of aryl methyl sites for hydroxylation is 3. The Morgan fingerprint density at radius 2 is 0.988 bits per heavy atom. The maximum Gasteiger partial charge on any atom is 0.416 e. The van der Waals surface area contributed by atoms with Gasteiger partial charge in [-0.2, -0.15) is 13.2 Å². The number of sulfonamides is 2. The number of ether oxygens (including phenoxy) is 6. The van der Waals surface area contributed by atoms with Gasteiger partial charge in [-0.3, -0.25) is 0 Å². The number of carbonyl (C=O) groups excluding carboxylic acids is 2. The molecular weight excluding hydrogens is 1190 g/mol. The van der Waals surface area contributed by atoms with E-state index in [0.29, 0.717) is 85.9 Å². The molecule has 0 heterocycles. The van der Waals surface area contributed by atoms with E-state index < -0.39 is 37.9 Å². The number of halogens is 5. The number of amides is 4. The highest BCUT2D eigenvalue weighted by Crippen LogP contribution is 2.46. The smallest absolute Gasteiger partial charge is 0.416 e. The first-order chi connectivity index (χ1) is 40.3. The summed E-state index contributed by atoms with van der Waals surface area (Å²) in [5.74, 6) is 0.992. The summed E-state index contributed by atoms with van der Waals surface area (Å²) in [6, 6.07) is 14.9. The van der Waals surface area contributed by atoms with Crippen molar-refractivity contribution in [3.05, 3.63) is 115 Å². The van der Waals surface area contributed by atoms with Gasteiger partial charge in [0.15, 0.2) is 0 Å². The predicted octanol–water partition coefficient (Wildman–Crippen LogP) is 7.88. The minimum absolute atomic E-state index is 0.0224. The van der Waals surface area contributed by atoms with Crippen LogP contribution in [-0.2, 0) is 58.0 Å². The second-order valence-electron chi connectivity index (χ2n) is 20.9. The Kier molecular flexibility index (Phi) is 28.2. The molecule has 4 aromatic rings. The lowest BCUT2D eigenvalue weighted by Crippen LogP contribution is -2.38. The number of rotatable bonds is 32. The molecule has 0 fully saturated rings. The van der Waals surface area contributed by atoms with E-state index in [4.69, 9.17) is 51.6 Å². The van der Waals surface area contributed by atoms with Crippen molar-refractivity contribution < 1.29 is 68.0 Å². The molecule has 0 bridgehead atoms. The van der Waals surface area contributed by atoms with Crippen molar-refractivity contribution in [2.24, 2.45) is 0 Å². The molecule has 0 aliphatic heterocycles. The summed E-state index contributed by atoms with van der Waals surface area (Å²) in [5.41, 5.74) is 4.45. The third kappa shape index (κ3) is 21.7. The summed E-state index contributed by atoms with van der Waals surface area (Å²) in [4.78, 5) is 27.0. The van der Waals surface area contributed by atoms with E-state index in [2.05, 4.69) is 42.5 Å². The summed E-state index contributed by atoms with van der Waals surface area (Å²) >= 11 is 12.4. The van der Waals surface area contributed by atoms with Crippen LogP contribution in [0, 0.1) is 20.8 Å². The SMILES string of the molecule is CCCOCCOCCNS(=O)(=O)c1ccc(O[C@H]2c3cc(Cl)cc(C(F)(F)F)c3C[C@@H]2N(C)C)c(C)c1.CNC(=O)NCCCCNC(=O)NCCOCCOCCNS(=O)(=O)c1ccc(O[C@H]2c3cc(Cl)cc(C)c3C[C@@H]2N(C)C)c(C)c1. The minimum atomic E-state index is -4.55. The Morgan fingerprint density at radius 3 is 1.44 bits per heavy atom. The van der Waals surface area contributed by atoms with E-state index >= 15 is 0 Å². The predicted molar refractivity (Wildman–Crippen MR) is 321 cm³/mol. The average molecular weight is 1280 g/mol. The fourth-order valence-corrected chi connectivity index (χ4v) is 12.3. The Labute approximate surface area is 508 Å². The quantitative estimate of drug-likeness (QED) is 0.0255. The molecule has 0 aromatic heterocycles. The zero-order valence-electron chi connectivity index (χ0n) is 49.8. The Hall–Kier alpha value is -5.03. The highest BCUT2D eigenvalue weighted by atomic mass is 35.5. The number of nitrogens with zero attached hydrogens (tertiary/aromatic N) is 2. The third-order valence-electron chi connectivity index (χ3n) is 14.0. The van der Waals surface area contributed by atoms with Crippen molar-refractivity contribution in [3.8, 4) is 11.5 Å². The van der Waals surface area contributed by atoms with Crippen LogP contribution in [0.5, 0.6) is 11.5 Å². The first-order valence-electron chi connectivity index (χ1n) is 28.1. The number of unbranched alkanes of at least 4 members (excludes halogenated alkanes) is 1. The Balaban J connectivity index is 0.000000318. The maximum absolute atomic E-state index is 13.7. The lowest BCUT2D eigenvalue weighted by molar-refractivity contribution is -0.138. The largest absolute Gasteiger partial charge is 0.484 e. The normalized spacial score (nSPS) is 16.6. The Morgan fingerprint density at radius 1 is 0.565 bits per heavy atom. The van der Waals surface area contributed by atoms with Gasteiger partial charge in [0, 0.05) is 56.4 Å². The van der Waals surface area contributed by atoms with Crippen LogP contribution in [0.25, 0.3) is 0 Å². The topological polar surface area (TPSA) is 236 Å². The second-order valence-corrected chi connectivity index (χ2v) is 25.3. The molecule has 0 saturated heterocycles. The standard InChI is InChI=1S/C32H49ClN6O7S.C26H34ClF3N2O5S/c1-22-18-24(33)20-27-26(22)21-28(39(4)5)30(27)46-29-9-8-25(19-23(29)2)47(42,43)38-13-15-45-17-16-44-14-12-37-32(41)36-11-7-6-10-35-31(40)34-3;1-5-9-35-11-12-36-10-8-31-38(33,34)19-6-7-24(17(2)13-19)37-25-21-14-18(27)15-22(26(28,29)30)20(21)16-23(25)32(3)4/h8-9,18-20,28,30,38H,6-7,10-17,21H2,1-5H3,(H2,34,35,40)(H2,36,37,41);6-7,13-15,23,25,31H,5,8-12,16H2,1-4H3/t28-,30-;23-,25-/m00/s1. The third-order valence-corrected chi connectivity index (χ3v) is 17.4. The van der Waals surface area contributed by atoms with Gasteiger partial charge in [0.25, 0.3) is 0 Å². The van der Waals surface area contributed by atoms with Crippen LogP contribution >= 0.6 is 23.2 Å². The van der Waals surface area contributed by atoms with Gasteiger partial charge in [-0.05, 0) is 181 Å². The van der Waals surface area contributed by atoms with Crippen molar-refractivity contribution in [2.75, 3.05) is 121 Å². The number of alkyl halides is 3. The van der Waals surface area contributed by atoms with Crippen molar-refractivity contribution in [2.45, 2.75) is 100 Å².